The van der Waals surface area contributed by atoms with E-state index in [1.54, 1.807) is 18.2 Å². The summed E-state index contributed by atoms with van der Waals surface area (Å²) in [6, 6.07) is 24.8. The zero-order chi connectivity index (χ0) is 17.2. The Balaban J connectivity index is 1.62. The monoisotopic (exact) mass is 391 g/mol. The third kappa shape index (κ3) is 3.35. The number of fused-ring (bicyclic) bond motifs is 1. The molecule has 0 saturated heterocycles. The summed E-state index contributed by atoms with van der Waals surface area (Å²) in [7, 11) is 0. The molecule has 3 nitrogen and oxygen atoms in total. The van der Waals surface area contributed by atoms with E-state index in [0.717, 1.165) is 26.6 Å². The van der Waals surface area contributed by atoms with Crippen molar-refractivity contribution in [2.75, 3.05) is 0 Å². The van der Waals surface area contributed by atoms with Gasteiger partial charge in [-0.2, -0.15) is 0 Å². The minimum Gasteiger partial charge on any atom is -0.423 e. The molecule has 0 amide bonds. The summed E-state index contributed by atoms with van der Waals surface area (Å²) >= 11 is 3.36. The lowest BCUT2D eigenvalue weighted by Gasteiger charge is -2.06. The minimum absolute atomic E-state index is 0.375. The van der Waals surface area contributed by atoms with E-state index in [1.807, 2.05) is 48.5 Å². The van der Waals surface area contributed by atoms with Gasteiger partial charge in [-0.3, -0.25) is 0 Å². The molecular formula is C21H14BrNO2. The van der Waals surface area contributed by atoms with Crippen LogP contribution in [-0.4, -0.2) is 11.0 Å². The average molecular weight is 392 g/mol. The summed E-state index contributed by atoms with van der Waals surface area (Å²) in [5.41, 5.74) is 3.50. The van der Waals surface area contributed by atoms with Gasteiger partial charge in [0.05, 0.1) is 5.56 Å². The van der Waals surface area contributed by atoms with Crippen molar-refractivity contribution in [3.05, 3.63) is 88.9 Å². The number of rotatable bonds is 3. The van der Waals surface area contributed by atoms with Crippen LogP contribution in [0, 0.1) is 0 Å². The summed E-state index contributed by atoms with van der Waals surface area (Å²) in [6.07, 6.45) is 0. The summed E-state index contributed by atoms with van der Waals surface area (Å²) in [5.74, 6) is 0.143. The van der Waals surface area contributed by atoms with Crippen molar-refractivity contribution in [3.8, 4) is 17.0 Å². The number of benzene rings is 3. The minimum atomic E-state index is -0.375. The fraction of sp³-hybridized carbons (Fsp3) is 0. The van der Waals surface area contributed by atoms with Gasteiger partial charge >= 0.3 is 5.97 Å². The number of H-pyrrole nitrogens is 1. The zero-order valence-electron chi connectivity index (χ0n) is 13.2. The third-order valence-electron chi connectivity index (χ3n) is 3.96. The summed E-state index contributed by atoms with van der Waals surface area (Å²) in [6.45, 7) is 0. The second-order valence-corrected chi connectivity index (χ2v) is 6.61. The first-order valence-electron chi connectivity index (χ1n) is 7.85. The summed E-state index contributed by atoms with van der Waals surface area (Å²) in [5, 5.41) is 1.14. The number of aromatic nitrogens is 1. The van der Waals surface area contributed by atoms with Crippen LogP contribution in [0.4, 0.5) is 0 Å². The molecule has 0 bridgehead atoms. The van der Waals surface area contributed by atoms with Crippen molar-refractivity contribution in [2.24, 2.45) is 0 Å². The van der Waals surface area contributed by atoms with Gasteiger partial charge in [0.15, 0.2) is 0 Å². The van der Waals surface area contributed by atoms with Gasteiger partial charge in [-0.1, -0.05) is 46.3 Å². The molecule has 1 heterocycles. The first-order chi connectivity index (χ1) is 12.2. The molecular weight excluding hydrogens is 378 g/mol. The van der Waals surface area contributed by atoms with Crippen LogP contribution in [0.15, 0.2) is 83.3 Å². The molecule has 0 atom stereocenters. The standard InChI is InChI=1S/C21H14BrNO2/c22-17-8-10-18(11-9-17)25-21(24)16-6-3-5-14(12-16)20-13-15-4-1-2-7-19(15)23-20/h1-13,23H. The second kappa shape index (κ2) is 6.57. The fourth-order valence-electron chi connectivity index (χ4n) is 2.71. The van der Waals surface area contributed by atoms with E-state index >= 15 is 0 Å². The topological polar surface area (TPSA) is 42.1 Å². The number of aromatic amines is 1. The maximum atomic E-state index is 12.4. The van der Waals surface area contributed by atoms with Crippen LogP contribution in [0.25, 0.3) is 22.2 Å². The predicted molar refractivity (Wildman–Crippen MR) is 103 cm³/mol. The quantitative estimate of drug-likeness (QED) is 0.353. The molecule has 4 heteroatoms. The third-order valence-corrected chi connectivity index (χ3v) is 4.49. The molecule has 0 aliphatic heterocycles. The molecule has 3 aromatic carbocycles. The molecule has 4 aromatic rings. The number of nitrogens with one attached hydrogen (secondary N) is 1. The van der Waals surface area contributed by atoms with Gasteiger partial charge in [-0.25, -0.2) is 4.79 Å². The van der Waals surface area contributed by atoms with Crippen molar-refractivity contribution in [1.29, 1.82) is 0 Å². The molecule has 4 rings (SSSR count). The van der Waals surface area contributed by atoms with Crippen LogP contribution in [-0.2, 0) is 0 Å². The van der Waals surface area contributed by atoms with E-state index in [0.29, 0.717) is 11.3 Å². The highest BCUT2D eigenvalue weighted by atomic mass is 79.9. The highest BCUT2D eigenvalue weighted by Crippen LogP contribution is 2.25. The predicted octanol–water partition coefficient (Wildman–Crippen LogP) is 5.82. The van der Waals surface area contributed by atoms with Crippen LogP contribution in [0.3, 0.4) is 0 Å². The number of para-hydroxylation sites is 1. The highest BCUT2D eigenvalue weighted by molar-refractivity contribution is 9.10. The van der Waals surface area contributed by atoms with Gasteiger partial charge in [0, 0.05) is 21.1 Å². The number of halogens is 1. The van der Waals surface area contributed by atoms with Crippen molar-refractivity contribution in [3.63, 3.8) is 0 Å². The first-order valence-corrected chi connectivity index (χ1v) is 8.64. The molecule has 0 radical (unpaired) electrons. The van der Waals surface area contributed by atoms with Crippen molar-refractivity contribution >= 4 is 32.8 Å². The molecule has 0 aliphatic carbocycles. The van der Waals surface area contributed by atoms with E-state index < -0.39 is 0 Å². The van der Waals surface area contributed by atoms with Crippen LogP contribution < -0.4 is 4.74 Å². The average Bonchev–Trinajstić information content (AvgIpc) is 3.08. The molecule has 0 fully saturated rings. The molecule has 0 unspecified atom stereocenters. The molecule has 1 aromatic heterocycles. The Morgan fingerprint density at radius 3 is 2.48 bits per heavy atom. The Morgan fingerprint density at radius 1 is 0.880 bits per heavy atom. The maximum absolute atomic E-state index is 12.4. The maximum Gasteiger partial charge on any atom is 0.343 e. The first kappa shape index (κ1) is 15.7. The van der Waals surface area contributed by atoms with Gasteiger partial charge in [0.25, 0.3) is 0 Å². The smallest absolute Gasteiger partial charge is 0.343 e. The molecule has 25 heavy (non-hydrogen) atoms. The van der Waals surface area contributed by atoms with E-state index in [-0.39, 0.29) is 5.97 Å². The highest BCUT2D eigenvalue weighted by Gasteiger charge is 2.11. The number of ether oxygens (including phenoxy) is 1. The van der Waals surface area contributed by atoms with Crippen molar-refractivity contribution in [2.45, 2.75) is 0 Å². The number of carbonyl (C=O) groups excluding carboxylic acids is 1. The zero-order valence-corrected chi connectivity index (χ0v) is 14.8. The largest absolute Gasteiger partial charge is 0.423 e. The number of hydrogen-bond acceptors (Lipinski definition) is 2. The molecule has 1 N–H and O–H groups in total. The number of hydrogen-bond donors (Lipinski definition) is 1. The lowest BCUT2D eigenvalue weighted by atomic mass is 10.1. The van der Waals surface area contributed by atoms with Crippen LogP contribution in [0.2, 0.25) is 0 Å². The van der Waals surface area contributed by atoms with Crippen molar-refractivity contribution < 1.29 is 9.53 Å². The van der Waals surface area contributed by atoms with Gasteiger partial charge in [0.1, 0.15) is 5.75 Å². The van der Waals surface area contributed by atoms with E-state index in [1.165, 1.54) is 0 Å². The van der Waals surface area contributed by atoms with Crippen LogP contribution in [0.5, 0.6) is 5.75 Å². The SMILES string of the molecule is O=C(Oc1ccc(Br)cc1)c1cccc(-c2cc3ccccc3[nH]2)c1. The van der Waals surface area contributed by atoms with E-state index in [9.17, 15) is 4.79 Å². The molecule has 0 aliphatic rings. The Hall–Kier alpha value is -2.85. The lowest BCUT2D eigenvalue weighted by molar-refractivity contribution is 0.0735. The second-order valence-electron chi connectivity index (χ2n) is 5.69. The van der Waals surface area contributed by atoms with Crippen LogP contribution >= 0.6 is 15.9 Å². The van der Waals surface area contributed by atoms with E-state index in [4.69, 9.17) is 4.74 Å². The Kier molecular flexibility index (Phi) is 4.12. The molecule has 122 valence electrons. The normalized spacial score (nSPS) is 10.8. The Bertz CT molecular complexity index is 1020. The fourth-order valence-corrected chi connectivity index (χ4v) is 2.98. The van der Waals surface area contributed by atoms with E-state index in [2.05, 4.69) is 33.0 Å². The number of esters is 1. The molecule has 0 spiro atoms. The van der Waals surface area contributed by atoms with Gasteiger partial charge in [-0.15, -0.1) is 0 Å². The van der Waals surface area contributed by atoms with Gasteiger partial charge in [-0.05, 0) is 54.1 Å². The Morgan fingerprint density at radius 2 is 1.68 bits per heavy atom. The van der Waals surface area contributed by atoms with Crippen molar-refractivity contribution in [1.82, 2.24) is 4.98 Å². The van der Waals surface area contributed by atoms with Crippen LogP contribution in [0.1, 0.15) is 10.4 Å². The lowest BCUT2D eigenvalue weighted by Crippen LogP contribution is -2.08. The Labute approximate surface area is 153 Å². The number of carbonyl (C=O) groups is 1. The summed E-state index contributed by atoms with van der Waals surface area (Å²) < 4.78 is 6.37. The summed E-state index contributed by atoms with van der Waals surface area (Å²) in [4.78, 5) is 15.8. The molecule has 0 saturated carbocycles. The van der Waals surface area contributed by atoms with Gasteiger partial charge < -0.3 is 9.72 Å². The van der Waals surface area contributed by atoms with Gasteiger partial charge in [0.2, 0.25) is 0 Å².